The summed E-state index contributed by atoms with van der Waals surface area (Å²) in [4.78, 5) is 12.4. The summed E-state index contributed by atoms with van der Waals surface area (Å²) in [5, 5.41) is 0. The second kappa shape index (κ2) is 5.64. The molecule has 6 heteroatoms. The second-order valence-electron chi connectivity index (χ2n) is 9.07. The van der Waals surface area contributed by atoms with E-state index in [2.05, 4.69) is 19.9 Å². The molecule has 0 heterocycles. The number of carbonyl (C=O) groups is 1. The zero-order valence-corrected chi connectivity index (χ0v) is 15.8. The van der Waals surface area contributed by atoms with Gasteiger partial charge in [-0.1, -0.05) is 25.5 Å². The van der Waals surface area contributed by atoms with Crippen LogP contribution in [0, 0.1) is 28.6 Å². The average Bonchev–Trinajstić information content (AvgIpc) is 2.82. The van der Waals surface area contributed by atoms with Crippen molar-refractivity contribution in [3.63, 3.8) is 0 Å². The molecule has 3 fully saturated rings. The number of ketones is 1. The SMILES string of the molecule is C[C@@]12CC[C@@H]3[C@H](CC=C4C[C@@H](OS(=O)(=O)O)CC[C@@]43C)[C@H]1CCC2=O. The van der Waals surface area contributed by atoms with Crippen molar-refractivity contribution in [3.05, 3.63) is 11.6 Å². The minimum Gasteiger partial charge on any atom is -0.299 e. The predicted molar refractivity (Wildman–Crippen MR) is 93.1 cm³/mol. The highest BCUT2D eigenvalue weighted by Gasteiger charge is 2.58. The van der Waals surface area contributed by atoms with Crippen molar-refractivity contribution in [2.24, 2.45) is 28.6 Å². The van der Waals surface area contributed by atoms with E-state index in [-0.39, 0.29) is 10.8 Å². The van der Waals surface area contributed by atoms with Crippen LogP contribution in [0.25, 0.3) is 0 Å². The molecule has 140 valence electrons. The molecule has 0 aliphatic heterocycles. The predicted octanol–water partition coefficient (Wildman–Crippen LogP) is 3.71. The Hall–Kier alpha value is -0.720. The molecule has 0 unspecified atom stereocenters. The first-order valence-corrected chi connectivity index (χ1v) is 10.9. The third-order valence-electron chi connectivity index (χ3n) is 8.03. The van der Waals surface area contributed by atoms with E-state index in [1.54, 1.807) is 0 Å². The van der Waals surface area contributed by atoms with Gasteiger partial charge in [0.25, 0.3) is 0 Å². The zero-order chi connectivity index (χ0) is 18.0. The van der Waals surface area contributed by atoms with Crippen molar-refractivity contribution in [2.75, 3.05) is 0 Å². The maximum Gasteiger partial charge on any atom is 0.397 e. The van der Waals surface area contributed by atoms with Gasteiger partial charge in [-0.25, -0.2) is 4.18 Å². The smallest absolute Gasteiger partial charge is 0.299 e. The fraction of sp³-hybridized carbons (Fsp3) is 0.842. The molecule has 0 amide bonds. The summed E-state index contributed by atoms with van der Waals surface area (Å²) in [6.45, 7) is 4.50. The molecular formula is C19H28O5S. The number of Topliss-reactive ketones (excluding diaryl/α,β-unsaturated/α-hetero) is 1. The van der Waals surface area contributed by atoms with Crippen molar-refractivity contribution in [2.45, 2.75) is 71.3 Å². The standard InChI is InChI=1S/C19H28O5S/c1-18-9-7-13(24-25(21,22)23)11-12(18)3-4-14-15-5-6-17(20)19(15,2)10-8-16(14)18/h3,13-16H,4-11H2,1-2H3,(H,21,22,23)/t13-,14+,15+,16+,18-,19+/m0/s1. The first-order chi connectivity index (χ1) is 11.6. The van der Waals surface area contributed by atoms with Crippen molar-refractivity contribution >= 4 is 16.2 Å². The fourth-order valence-corrected chi connectivity index (χ4v) is 7.16. The van der Waals surface area contributed by atoms with Crippen LogP contribution >= 0.6 is 0 Å². The summed E-state index contributed by atoms with van der Waals surface area (Å²) in [6.07, 6.45) is 8.79. The Bertz CT molecular complexity index is 726. The molecule has 0 spiro atoms. The van der Waals surface area contributed by atoms with E-state index in [1.165, 1.54) is 5.57 Å². The zero-order valence-electron chi connectivity index (χ0n) is 15.0. The van der Waals surface area contributed by atoms with Crippen molar-refractivity contribution in [1.82, 2.24) is 0 Å². The Morgan fingerprint density at radius 3 is 2.52 bits per heavy atom. The Balaban J connectivity index is 1.59. The monoisotopic (exact) mass is 368 g/mol. The highest BCUT2D eigenvalue weighted by atomic mass is 32.3. The average molecular weight is 368 g/mol. The minimum absolute atomic E-state index is 0.0783. The van der Waals surface area contributed by atoms with Gasteiger partial charge >= 0.3 is 10.4 Å². The van der Waals surface area contributed by atoms with Crippen LogP contribution in [0.1, 0.15) is 65.2 Å². The van der Waals surface area contributed by atoms with Crippen LogP contribution in [0.2, 0.25) is 0 Å². The van der Waals surface area contributed by atoms with Crippen LogP contribution in [0.5, 0.6) is 0 Å². The molecule has 4 aliphatic rings. The molecule has 3 saturated carbocycles. The van der Waals surface area contributed by atoms with Crippen molar-refractivity contribution in [3.8, 4) is 0 Å². The van der Waals surface area contributed by atoms with Gasteiger partial charge in [-0.3, -0.25) is 9.35 Å². The molecule has 25 heavy (non-hydrogen) atoms. The molecule has 5 nitrogen and oxygen atoms in total. The van der Waals surface area contributed by atoms with Crippen LogP contribution < -0.4 is 0 Å². The molecule has 6 atom stereocenters. The quantitative estimate of drug-likeness (QED) is 0.594. The lowest BCUT2D eigenvalue weighted by atomic mass is 9.48. The molecule has 4 aliphatic carbocycles. The van der Waals surface area contributed by atoms with Crippen molar-refractivity contribution < 1.29 is 21.9 Å². The lowest BCUT2D eigenvalue weighted by molar-refractivity contribution is -0.131. The largest absolute Gasteiger partial charge is 0.397 e. The summed E-state index contributed by atoms with van der Waals surface area (Å²) in [7, 11) is -4.40. The van der Waals surface area contributed by atoms with E-state index >= 15 is 0 Å². The third-order valence-corrected chi connectivity index (χ3v) is 8.54. The number of hydrogen-bond donors (Lipinski definition) is 1. The van der Waals surface area contributed by atoms with E-state index in [1.807, 2.05) is 0 Å². The van der Waals surface area contributed by atoms with Crippen LogP contribution in [0.4, 0.5) is 0 Å². The molecule has 0 saturated heterocycles. The Labute approximate surface area is 150 Å². The maximum absolute atomic E-state index is 12.4. The topological polar surface area (TPSA) is 80.7 Å². The van der Waals surface area contributed by atoms with Gasteiger partial charge in [-0.15, -0.1) is 0 Å². The number of carbonyl (C=O) groups excluding carboxylic acids is 1. The van der Waals surface area contributed by atoms with Crippen molar-refractivity contribution in [1.29, 1.82) is 0 Å². The molecule has 0 radical (unpaired) electrons. The summed E-state index contributed by atoms with van der Waals surface area (Å²) >= 11 is 0. The Kier molecular flexibility index (Phi) is 3.99. The highest BCUT2D eigenvalue weighted by Crippen LogP contribution is 2.64. The molecule has 0 aromatic rings. The third kappa shape index (κ3) is 2.72. The van der Waals surface area contributed by atoms with E-state index in [9.17, 15) is 13.2 Å². The van der Waals surface area contributed by atoms with E-state index in [0.717, 1.165) is 38.5 Å². The normalized spacial score (nSPS) is 46.8. The summed E-state index contributed by atoms with van der Waals surface area (Å²) in [5.41, 5.74) is 1.25. The van der Waals surface area contributed by atoms with Crippen LogP contribution in [-0.4, -0.2) is 24.9 Å². The maximum atomic E-state index is 12.4. The van der Waals surface area contributed by atoms with Crippen LogP contribution in [-0.2, 0) is 19.4 Å². The number of hydrogen-bond acceptors (Lipinski definition) is 4. The Morgan fingerprint density at radius 2 is 1.80 bits per heavy atom. The molecule has 0 aromatic heterocycles. The highest BCUT2D eigenvalue weighted by molar-refractivity contribution is 7.80. The number of rotatable bonds is 2. The first kappa shape index (κ1) is 17.7. The van der Waals surface area contributed by atoms with Gasteiger partial charge < -0.3 is 0 Å². The molecule has 1 N–H and O–H groups in total. The fourth-order valence-electron chi connectivity index (χ4n) is 6.65. The number of allylic oxidation sites excluding steroid dienone is 1. The molecule has 4 rings (SSSR count). The minimum atomic E-state index is -4.40. The summed E-state index contributed by atoms with van der Waals surface area (Å²) in [6, 6.07) is 0. The van der Waals surface area contributed by atoms with Gasteiger partial charge in [0.1, 0.15) is 5.78 Å². The number of fused-ring (bicyclic) bond motifs is 5. The summed E-state index contributed by atoms with van der Waals surface area (Å²) in [5.74, 6) is 2.10. The van der Waals surface area contributed by atoms with Crippen LogP contribution in [0.3, 0.4) is 0 Å². The lowest BCUT2D eigenvalue weighted by Crippen LogP contribution is -2.50. The summed E-state index contributed by atoms with van der Waals surface area (Å²) < 4.78 is 35.9. The van der Waals surface area contributed by atoms with Gasteiger partial charge in [-0.05, 0) is 68.1 Å². The first-order valence-electron chi connectivity index (χ1n) is 9.52. The molecule has 0 aromatic carbocycles. The van der Waals surface area contributed by atoms with Gasteiger partial charge in [0.05, 0.1) is 6.10 Å². The molecular weight excluding hydrogens is 340 g/mol. The van der Waals surface area contributed by atoms with Crippen LogP contribution in [0.15, 0.2) is 11.6 Å². The lowest BCUT2D eigenvalue weighted by Gasteiger charge is -2.56. The van der Waals surface area contributed by atoms with E-state index in [0.29, 0.717) is 36.4 Å². The van der Waals surface area contributed by atoms with Gasteiger partial charge in [0.15, 0.2) is 0 Å². The van der Waals surface area contributed by atoms with Gasteiger partial charge in [0, 0.05) is 11.8 Å². The molecule has 0 bridgehead atoms. The second-order valence-corrected chi connectivity index (χ2v) is 10.1. The van der Waals surface area contributed by atoms with E-state index in [4.69, 9.17) is 8.74 Å². The van der Waals surface area contributed by atoms with Gasteiger partial charge in [0.2, 0.25) is 0 Å². The van der Waals surface area contributed by atoms with E-state index < -0.39 is 16.5 Å². The van der Waals surface area contributed by atoms with Gasteiger partial charge in [-0.2, -0.15) is 8.42 Å². The Morgan fingerprint density at radius 1 is 1.12 bits per heavy atom.